The molecule has 5 rings (SSSR count). The Labute approximate surface area is 159 Å². The minimum absolute atomic E-state index is 0.0781. The number of rotatable bonds is 3. The molecule has 6 nitrogen and oxygen atoms in total. The van der Waals surface area contributed by atoms with E-state index in [0.717, 1.165) is 25.9 Å². The van der Waals surface area contributed by atoms with Gasteiger partial charge in [-0.3, -0.25) is 14.6 Å². The first-order valence-electron chi connectivity index (χ1n) is 9.97. The summed E-state index contributed by atoms with van der Waals surface area (Å²) in [5, 5.41) is 0. The smallest absolute Gasteiger partial charge is 0.230 e. The van der Waals surface area contributed by atoms with Crippen molar-refractivity contribution in [2.45, 2.75) is 37.4 Å². The number of ether oxygens (including phenoxy) is 1. The molecule has 27 heavy (non-hydrogen) atoms. The Bertz CT molecular complexity index is 787. The van der Waals surface area contributed by atoms with E-state index in [1.54, 1.807) is 0 Å². The predicted octanol–water partition coefficient (Wildman–Crippen LogP) is 1.59. The first kappa shape index (κ1) is 16.9. The number of amides is 2. The summed E-state index contributed by atoms with van der Waals surface area (Å²) in [7, 11) is 0. The number of carbonyl (C=O) groups excluding carboxylic acids is 2. The van der Waals surface area contributed by atoms with E-state index in [9.17, 15) is 9.59 Å². The molecule has 142 valence electrons. The van der Waals surface area contributed by atoms with Gasteiger partial charge < -0.3 is 14.5 Å². The third kappa shape index (κ3) is 2.46. The highest BCUT2D eigenvalue weighted by molar-refractivity contribution is 5.93. The van der Waals surface area contributed by atoms with Crippen LogP contribution in [0.2, 0.25) is 0 Å². The van der Waals surface area contributed by atoms with Crippen LogP contribution in [-0.4, -0.2) is 64.5 Å². The van der Waals surface area contributed by atoms with Gasteiger partial charge in [-0.15, -0.1) is 0 Å². The van der Waals surface area contributed by atoms with Crippen LogP contribution in [0.15, 0.2) is 36.7 Å². The van der Waals surface area contributed by atoms with Crippen LogP contribution < -0.4 is 0 Å². The number of pyridine rings is 1. The second kappa shape index (κ2) is 6.16. The Hall–Kier alpha value is -2.21. The van der Waals surface area contributed by atoms with Gasteiger partial charge in [-0.05, 0) is 43.4 Å². The van der Waals surface area contributed by atoms with E-state index in [1.807, 2.05) is 41.3 Å². The zero-order valence-electron chi connectivity index (χ0n) is 15.6. The molecule has 5 heterocycles. The molecule has 1 spiro atoms. The van der Waals surface area contributed by atoms with Crippen molar-refractivity contribution in [2.75, 3.05) is 26.2 Å². The third-order valence-electron chi connectivity index (χ3n) is 6.83. The number of nitrogens with zero attached hydrogens (tertiary/aromatic N) is 3. The number of aromatic nitrogens is 1. The van der Waals surface area contributed by atoms with Crippen LogP contribution in [-0.2, 0) is 14.3 Å². The number of piperidine rings is 1. The lowest BCUT2D eigenvalue weighted by Gasteiger charge is -2.35. The van der Waals surface area contributed by atoms with E-state index in [0.29, 0.717) is 19.0 Å². The topological polar surface area (TPSA) is 62.7 Å². The summed E-state index contributed by atoms with van der Waals surface area (Å²) in [5.74, 6) is -0.0669. The molecule has 2 bridgehead atoms. The Morgan fingerprint density at radius 1 is 1.30 bits per heavy atom. The SMILES string of the molecule is CCN1CC23C=CC(O2)C(C(=O)N2CCC(c4ccncc4)CC2)C3C1=O. The van der Waals surface area contributed by atoms with Gasteiger partial charge in [-0.25, -0.2) is 0 Å². The van der Waals surface area contributed by atoms with Crippen molar-refractivity contribution in [1.82, 2.24) is 14.8 Å². The lowest BCUT2D eigenvalue weighted by Crippen LogP contribution is -2.48. The molecule has 1 aromatic rings. The fourth-order valence-corrected chi connectivity index (χ4v) is 5.41. The normalized spacial score (nSPS) is 35.1. The number of likely N-dealkylation sites (tertiary alicyclic amines) is 2. The number of carbonyl (C=O) groups is 2. The van der Waals surface area contributed by atoms with Gasteiger partial charge >= 0.3 is 0 Å². The van der Waals surface area contributed by atoms with Gasteiger partial charge in [0.25, 0.3) is 0 Å². The number of hydrogen-bond acceptors (Lipinski definition) is 4. The fourth-order valence-electron chi connectivity index (χ4n) is 5.41. The monoisotopic (exact) mass is 367 g/mol. The van der Waals surface area contributed by atoms with Gasteiger partial charge in [-0.1, -0.05) is 12.2 Å². The zero-order chi connectivity index (χ0) is 18.6. The predicted molar refractivity (Wildman–Crippen MR) is 98.8 cm³/mol. The molecular weight excluding hydrogens is 342 g/mol. The Morgan fingerprint density at radius 3 is 2.74 bits per heavy atom. The second-order valence-corrected chi connectivity index (χ2v) is 8.13. The second-order valence-electron chi connectivity index (χ2n) is 8.13. The molecule has 4 unspecified atom stereocenters. The van der Waals surface area contributed by atoms with Crippen LogP contribution in [0.25, 0.3) is 0 Å². The maximum Gasteiger partial charge on any atom is 0.230 e. The highest BCUT2D eigenvalue weighted by Crippen LogP contribution is 2.52. The zero-order valence-corrected chi connectivity index (χ0v) is 15.6. The van der Waals surface area contributed by atoms with E-state index in [1.165, 1.54) is 5.56 Å². The molecule has 0 radical (unpaired) electrons. The molecule has 0 aliphatic carbocycles. The lowest BCUT2D eigenvalue weighted by atomic mass is 9.76. The maximum absolute atomic E-state index is 13.3. The van der Waals surface area contributed by atoms with Gasteiger partial charge in [0.05, 0.1) is 24.5 Å². The highest BCUT2D eigenvalue weighted by atomic mass is 16.5. The lowest BCUT2D eigenvalue weighted by molar-refractivity contribution is -0.144. The Kier molecular flexibility index (Phi) is 3.86. The molecule has 4 aliphatic heterocycles. The average Bonchev–Trinajstić information content (AvgIpc) is 3.36. The largest absolute Gasteiger partial charge is 0.360 e. The van der Waals surface area contributed by atoms with Crippen LogP contribution in [0.5, 0.6) is 0 Å². The first-order chi connectivity index (χ1) is 13.1. The van der Waals surface area contributed by atoms with E-state index >= 15 is 0 Å². The van der Waals surface area contributed by atoms with Gasteiger partial charge in [0.2, 0.25) is 11.8 Å². The molecule has 0 saturated carbocycles. The molecule has 4 atom stereocenters. The average molecular weight is 367 g/mol. The molecule has 3 fully saturated rings. The van der Waals surface area contributed by atoms with Gasteiger partial charge in [0.1, 0.15) is 5.60 Å². The fraction of sp³-hybridized carbons (Fsp3) is 0.571. The summed E-state index contributed by atoms with van der Waals surface area (Å²) in [6, 6.07) is 4.13. The summed E-state index contributed by atoms with van der Waals surface area (Å²) in [5.41, 5.74) is 0.722. The van der Waals surface area contributed by atoms with E-state index in [-0.39, 0.29) is 29.8 Å². The highest BCUT2D eigenvalue weighted by Gasteiger charge is 2.67. The molecule has 1 aromatic heterocycles. The molecule has 0 N–H and O–H groups in total. The van der Waals surface area contributed by atoms with Crippen LogP contribution >= 0.6 is 0 Å². The van der Waals surface area contributed by atoms with E-state index in [4.69, 9.17) is 4.74 Å². The first-order valence-corrected chi connectivity index (χ1v) is 9.97. The summed E-state index contributed by atoms with van der Waals surface area (Å²) >= 11 is 0. The molecule has 0 aromatic carbocycles. The molecular formula is C21H25N3O3. The Morgan fingerprint density at radius 2 is 2.04 bits per heavy atom. The van der Waals surface area contributed by atoms with Crippen molar-refractivity contribution in [3.05, 3.63) is 42.2 Å². The third-order valence-corrected chi connectivity index (χ3v) is 6.83. The minimum atomic E-state index is -0.576. The van der Waals surface area contributed by atoms with Crippen molar-refractivity contribution < 1.29 is 14.3 Å². The van der Waals surface area contributed by atoms with Crippen molar-refractivity contribution >= 4 is 11.8 Å². The van der Waals surface area contributed by atoms with E-state index < -0.39 is 5.60 Å². The van der Waals surface area contributed by atoms with Gasteiger partial charge in [0, 0.05) is 32.0 Å². The van der Waals surface area contributed by atoms with Crippen molar-refractivity contribution in [2.24, 2.45) is 11.8 Å². The summed E-state index contributed by atoms with van der Waals surface area (Å²) in [4.78, 5) is 34.1. The standard InChI is InChI=1S/C21H25N3O3/c1-2-23-13-21-8-3-16(27-21)17(18(21)20(23)26)19(25)24-11-6-15(7-12-24)14-4-9-22-10-5-14/h3-5,8-10,15-18H,2,6-7,11-13H2,1H3. The van der Waals surface area contributed by atoms with Crippen molar-refractivity contribution in [3.63, 3.8) is 0 Å². The summed E-state index contributed by atoms with van der Waals surface area (Å²) < 4.78 is 6.17. The molecule has 6 heteroatoms. The minimum Gasteiger partial charge on any atom is -0.360 e. The molecule has 2 amide bonds. The molecule has 3 saturated heterocycles. The van der Waals surface area contributed by atoms with Crippen molar-refractivity contribution in [3.8, 4) is 0 Å². The van der Waals surface area contributed by atoms with Gasteiger partial charge in [-0.2, -0.15) is 0 Å². The summed E-state index contributed by atoms with van der Waals surface area (Å²) in [6.45, 7) is 4.70. The maximum atomic E-state index is 13.3. The molecule has 4 aliphatic rings. The van der Waals surface area contributed by atoms with Gasteiger partial charge in [0.15, 0.2) is 0 Å². The van der Waals surface area contributed by atoms with Crippen LogP contribution in [0.3, 0.4) is 0 Å². The number of hydrogen-bond donors (Lipinski definition) is 0. The van der Waals surface area contributed by atoms with Crippen LogP contribution in [0.4, 0.5) is 0 Å². The quantitative estimate of drug-likeness (QED) is 0.761. The number of likely N-dealkylation sites (N-methyl/N-ethyl adjacent to an activating group) is 1. The number of fused-ring (bicyclic) bond motifs is 1. The van der Waals surface area contributed by atoms with Crippen molar-refractivity contribution in [1.29, 1.82) is 0 Å². The van der Waals surface area contributed by atoms with Crippen LogP contribution in [0, 0.1) is 11.8 Å². The Balaban J connectivity index is 1.31. The summed E-state index contributed by atoms with van der Waals surface area (Å²) in [6.07, 6.45) is 9.34. The van der Waals surface area contributed by atoms with Crippen LogP contribution in [0.1, 0.15) is 31.2 Å². The van der Waals surface area contributed by atoms with E-state index in [2.05, 4.69) is 17.1 Å².